The molecule has 18 heavy (non-hydrogen) atoms. The third-order valence-electron chi connectivity index (χ3n) is 3.13. The maximum atomic E-state index is 5.70. The first-order valence-corrected chi connectivity index (χ1v) is 6.41. The molecule has 4 nitrogen and oxygen atoms in total. The van der Waals surface area contributed by atoms with Crippen molar-refractivity contribution in [2.45, 2.75) is 18.9 Å². The predicted octanol–water partition coefficient (Wildman–Crippen LogP) is 2.14. The van der Waals surface area contributed by atoms with Gasteiger partial charge < -0.3 is 19.5 Å². The van der Waals surface area contributed by atoms with E-state index in [0.29, 0.717) is 0 Å². The Balaban J connectivity index is 2.15. The van der Waals surface area contributed by atoms with Gasteiger partial charge in [0, 0.05) is 26.2 Å². The molecule has 0 saturated carbocycles. The van der Waals surface area contributed by atoms with Crippen molar-refractivity contribution < 1.29 is 14.2 Å². The fraction of sp³-hybridized carbons (Fsp3) is 0.571. The molecule has 100 valence electrons. The van der Waals surface area contributed by atoms with Gasteiger partial charge in [-0.05, 0) is 31.2 Å². The number of benzene rings is 1. The lowest BCUT2D eigenvalue weighted by molar-refractivity contribution is 0.184. The molecule has 0 amide bonds. The van der Waals surface area contributed by atoms with E-state index in [9.17, 15) is 0 Å². The maximum absolute atomic E-state index is 5.70. The summed E-state index contributed by atoms with van der Waals surface area (Å²) in [6.07, 6.45) is 1.87. The SMILES string of the molecule is CNC(CCOC)c1ccc2c(c1)OCCCO2. The molecular weight excluding hydrogens is 230 g/mol. The molecule has 1 unspecified atom stereocenters. The first-order chi connectivity index (χ1) is 8.85. The van der Waals surface area contributed by atoms with Gasteiger partial charge in [-0.3, -0.25) is 0 Å². The number of hydrogen-bond acceptors (Lipinski definition) is 4. The summed E-state index contributed by atoms with van der Waals surface area (Å²) in [5.74, 6) is 1.69. The van der Waals surface area contributed by atoms with E-state index in [1.54, 1.807) is 7.11 Å². The van der Waals surface area contributed by atoms with E-state index in [4.69, 9.17) is 14.2 Å². The van der Waals surface area contributed by atoms with Gasteiger partial charge in [0.2, 0.25) is 0 Å². The van der Waals surface area contributed by atoms with E-state index in [-0.39, 0.29) is 6.04 Å². The molecule has 0 radical (unpaired) electrons. The zero-order chi connectivity index (χ0) is 12.8. The molecule has 1 aliphatic rings. The molecule has 1 atom stereocenters. The van der Waals surface area contributed by atoms with Gasteiger partial charge in [-0.25, -0.2) is 0 Å². The number of ether oxygens (including phenoxy) is 3. The highest BCUT2D eigenvalue weighted by molar-refractivity contribution is 5.44. The Kier molecular flexibility index (Phi) is 4.84. The monoisotopic (exact) mass is 251 g/mol. The first kappa shape index (κ1) is 13.2. The van der Waals surface area contributed by atoms with Gasteiger partial charge in [-0.1, -0.05) is 6.07 Å². The normalized spacial score (nSPS) is 16.1. The molecule has 0 spiro atoms. The summed E-state index contributed by atoms with van der Waals surface area (Å²) < 4.78 is 16.5. The third-order valence-corrected chi connectivity index (χ3v) is 3.13. The van der Waals surface area contributed by atoms with Crippen molar-refractivity contribution in [3.05, 3.63) is 23.8 Å². The zero-order valence-electron chi connectivity index (χ0n) is 11.1. The Morgan fingerprint density at radius 3 is 2.78 bits per heavy atom. The molecule has 0 aromatic heterocycles. The second-order valence-corrected chi connectivity index (χ2v) is 4.38. The second-order valence-electron chi connectivity index (χ2n) is 4.38. The lowest BCUT2D eigenvalue weighted by Crippen LogP contribution is -2.18. The summed E-state index contributed by atoms with van der Waals surface area (Å²) in [5, 5.41) is 3.30. The van der Waals surface area contributed by atoms with Gasteiger partial charge in [0.25, 0.3) is 0 Å². The molecule has 4 heteroatoms. The summed E-state index contributed by atoms with van der Waals surface area (Å²) in [5.41, 5.74) is 1.21. The highest BCUT2D eigenvalue weighted by Gasteiger charge is 2.15. The van der Waals surface area contributed by atoms with Gasteiger partial charge in [0.15, 0.2) is 11.5 Å². The summed E-state index contributed by atoms with van der Waals surface area (Å²) >= 11 is 0. The topological polar surface area (TPSA) is 39.7 Å². The van der Waals surface area contributed by atoms with Crippen molar-refractivity contribution >= 4 is 0 Å². The van der Waals surface area contributed by atoms with Crippen LogP contribution in [0.3, 0.4) is 0 Å². The second kappa shape index (κ2) is 6.61. The Hall–Kier alpha value is -1.26. The average Bonchev–Trinajstić information content (AvgIpc) is 2.64. The van der Waals surface area contributed by atoms with Crippen LogP contribution >= 0.6 is 0 Å². The lowest BCUT2D eigenvalue weighted by Gasteiger charge is -2.18. The van der Waals surface area contributed by atoms with Crippen molar-refractivity contribution in [2.24, 2.45) is 0 Å². The molecular formula is C14H21NO3. The van der Waals surface area contributed by atoms with Crippen molar-refractivity contribution in [2.75, 3.05) is 34.0 Å². The van der Waals surface area contributed by atoms with Crippen LogP contribution in [0, 0.1) is 0 Å². The third kappa shape index (κ3) is 3.15. The minimum absolute atomic E-state index is 0.280. The van der Waals surface area contributed by atoms with Crippen LogP contribution in [0.25, 0.3) is 0 Å². The summed E-state index contributed by atoms with van der Waals surface area (Å²) in [6.45, 7) is 2.18. The minimum Gasteiger partial charge on any atom is -0.490 e. The predicted molar refractivity (Wildman–Crippen MR) is 70.3 cm³/mol. The van der Waals surface area contributed by atoms with Gasteiger partial charge in [0.05, 0.1) is 13.2 Å². The van der Waals surface area contributed by atoms with Crippen LogP contribution in [0.5, 0.6) is 11.5 Å². The largest absolute Gasteiger partial charge is 0.490 e. The highest BCUT2D eigenvalue weighted by Crippen LogP contribution is 2.32. The fourth-order valence-electron chi connectivity index (χ4n) is 2.11. The smallest absolute Gasteiger partial charge is 0.161 e. The first-order valence-electron chi connectivity index (χ1n) is 6.41. The lowest BCUT2D eigenvalue weighted by atomic mass is 10.0. The van der Waals surface area contributed by atoms with Gasteiger partial charge in [-0.2, -0.15) is 0 Å². The zero-order valence-corrected chi connectivity index (χ0v) is 11.1. The quantitative estimate of drug-likeness (QED) is 0.870. The Morgan fingerprint density at radius 1 is 1.28 bits per heavy atom. The van der Waals surface area contributed by atoms with Crippen LogP contribution in [0.4, 0.5) is 0 Å². The van der Waals surface area contributed by atoms with Crippen LogP contribution in [-0.2, 0) is 4.74 Å². The average molecular weight is 251 g/mol. The number of hydrogen-bond donors (Lipinski definition) is 1. The Bertz CT molecular complexity index is 381. The maximum Gasteiger partial charge on any atom is 0.161 e. The van der Waals surface area contributed by atoms with Crippen LogP contribution in [0.2, 0.25) is 0 Å². The van der Waals surface area contributed by atoms with Gasteiger partial charge >= 0.3 is 0 Å². The fourth-order valence-corrected chi connectivity index (χ4v) is 2.11. The van der Waals surface area contributed by atoms with E-state index in [1.807, 2.05) is 13.1 Å². The van der Waals surface area contributed by atoms with E-state index in [1.165, 1.54) is 5.56 Å². The van der Waals surface area contributed by atoms with Crippen LogP contribution in [0.15, 0.2) is 18.2 Å². The molecule has 0 fully saturated rings. The Morgan fingerprint density at radius 2 is 2.06 bits per heavy atom. The number of fused-ring (bicyclic) bond motifs is 1. The molecule has 2 rings (SSSR count). The van der Waals surface area contributed by atoms with E-state index >= 15 is 0 Å². The van der Waals surface area contributed by atoms with Crippen LogP contribution in [0.1, 0.15) is 24.4 Å². The van der Waals surface area contributed by atoms with E-state index < -0.39 is 0 Å². The minimum atomic E-state index is 0.280. The summed E-state index contributed by atoms with van der Waals surface area (Å²) in [7, 11) is 3.68. The molecule has 1 N–H and O–H groups in total. The van der Waals surface area contributed by atoms with Crippen molar-refractivity contribution in [1.29, 1.82) is 0 Å². The van der Waals surface area contributed by atoms with Crippen LogP contribution in [-0.4, -0.2) is 34.0 Å². The standard InChI is InChI=1S/C14H21NO3/c1-15-12(6-9-16-2)11-4-5-13-14(10-11)18-8-3-7-17-13/h4-5,10,12,15H,3,6-9H2,1-2H3. The summed E-state index contributed by atoms with van der Waals surface area (Å²) in [6, 6.07) is 6.43. The van der Waals surface area contributed by atoms with Gasteiger partial charge in [-0.15, -0.1) is 0 Å². The highest BCUT2D eigenvalue weighted by atomic mass is 16.5. The number of nitrogens with one attached hydrogen (secondary N) is 1. The Labute approximate surface area is 108 Å². The molecule has 0 bridgehead atoms. The molecule has 0 saturated heterocycles. The number of rotatable bonds is 5. The van der Waals surface area contributed by atoms with Crippen molar-refractivity contribution in [3.8, 4) is 11.5 Å². The molecule has 1 aromatic carbocycles. The molecule has 1 heterocycles. The van der Waals surface area contributed by atoms with Crippen LogP contribution < -0.4 is 14.8 Å². The van der Waals surface area contributed by atoms with Gasteiger partial charge in [0.1, 0.15) is 0 Å². The molecule has 1 aliphatic heterocycles. The summed E-state index contributed by atoms with van der Waals surface area (Å²) in [4.78, 5) is 0. The molecule has 1 aromatic rings. The van der Waals surface area contributed by atoms with E-state index in [2.05, 4.69) is 17.4 Å². The number of methoxy groups -OCH3 is 1. The van der Waals surface area contributed by atoms with E-state index in [0.717, 1.165) is 44.2 Å². The van der Waals surface area contributed by atoms with Crippen molar-refractivity contribution in [1.82, 2.24) is 5.32 Å². The molecule has 0 aliphatic carbocycles. The van der Waals surface area contributed by atoms with Crippen molar-refractivity contribution in [3.63, 3.8) is 0 Å².